The number of nitrogens with zero attached hydrogens (tertiary/aromatic N) is 1. The van der Waals surface area contributed by atoms with Crippen molar-refractivity contribution in [1.29, 1.82) is 0 Å². The van der Waals surface area contributed by atoms with Crippen LogP contribution >= 0.6 is 0 Å². The molecule has 2 nitrogen and oxygen atoms in total. The van der Waals surface area contributed by atoms with Crippen molar-refractivity contribution >= 4 is 0 Å². The summed E-state index contributed by atoms with van der Waals surface area (Å²) in [6.45, 7) is 11.4. The molecule has 0 saturated carbocycles. The number of hydrogen-bond donors (Lipinski definition) is 1. The van der Waals surface area contributed by atoms with E-state index in [9.17, 15) is 0 Å². The molecule has 1 aliphatic heterocycles. The molecule has 0 spiro atoms. The first-order chi connectivity index (χ1) is 6.72. The van der Waals surface area contributed by atoms with Crippen molar-refractivity contribution in [3.8, 4) is 0 Å². The van der Waals surface area contributed by atoms with Gasteiger partial charge in [0.15, 0.2) is 0 Å². The molecule has 1 atom stereocenters. The molecule has 0 saturated heterocycles. The van der Waals surface area contributed by atoms with Gasteiger partial charge in [0, 0.05) is 19.1 Å². The van der Waals surface area contributed by atoms with E-state index in [-0.39, 0.29) is 0 Å². The maximum atomic E-state index is 3.45. The highest BCUT2D eigenvalue weighted by Gasteiger charge is 2.09. The van der Waals surface area contributed by atoms with Crippen LogP contribution in [0.25, 0.3) is 0 Å². The molecule has 1 N–H and O–H groups in total. The third-order valence-corrected chi connectivity index (χ3v) is 2.95. The molecule has 0 radical (unpaired) electrons. The molecule has 1 heterocycles. The van der Waals surface area contributed by atoms with Crippen molar-refractivity contribution < 1.29 is 0 Å². The van der Waals surface area contributed by atoms with Gasteiger partial charge in [-0.2, -0.15) is 0 Å². The van der Waals surface area contributed by atoms with E-state index in [1.165, 1.54) is 25.9 Å². The van der Waals surface area contributed by atoms with Crippen LogP contribution in [0.3, 0.4) is 0 Å². The Kier molecular flexibility index (Phi) is 5.20. The quantitative estimate of drug-likeness (QED) is 0.677. The minimum absolute atomic E-state index is 0.659. The average Bonchev–Trinajstić information content (AvgIpc) is 2.17. The summed E-state index contributed by atoms with van der Waals surface area (Å²) in [4.78, 5) is 2.54. The summed E-state index contributed by atoms with van der Waals surface area (Å²) in [7, 11) is 0. The van der Waals surface area contributed by atoms with E-state index in [0.717, 1.165) is 13.1 Å². The molecule has 0 aliphatic carbocycles. The molecule has 14 heavy (non-hydrogen) atoms. The van der Waals surface area contributed by atoms with E-state index in [0.29, 0.717) is 6.04 Å². The van der Waals surface area contributed by atoms with Gasteiger partial charge in [-0.05, 0) is 39.8 Å². The molecule has 0 aromatic heterocycles. The first-order valence-electron chi connectivity index (χ1n) is 5.83. The summed E-state index contributed by atoms with van der Waals surface area (Å²) in [5.41, 5.74) is 1.56. The van der Waals surface area contributed by atoms with E-state index in [2.05, 4.69) is 37.1 Å². The summed E-state index contributed by atoms with van der Waals surface area (Å²) in [6.07, 6.45) is 4.89. The fraction of sp³-hybridized carbons (Fsp3) is 0.833. The number of rotatable bonds is 5. The molecule has 0 bridgehead atoms. The Morgan fingerprint density at radius 2 is 2.36 bits per heavy atom. The normalized spacial score (nSPS) is 20.6. The van der Waals surface area contributed by atoms with Gasteiger partial charge in [0.25, 0.3) is 0 Å². The van der Waals surface area contributed by atoms with Crippen LogP contribution in [0.4, 0.5) is 0 Å². The molecule has 0 amide bonds. The van der Waals surface area contributed by atoms with Crippen molar-refractivity contribution in [2.45, 2.75) is 39.7 Å². The first-order valence-corrected chi connectivity index (χ1v) is 5.83. The van der Waals surface area contributed by atoms with Gasteiger partial charge in [0.05, 0.1) is 0 Å². The predicted octanol–water partition coefficient (Wildman–Crippen LogP) is 2.03. The van der Waals surface area contributed by atoms with Crippen molar-refractivity contribution in [3.63, 3.8) is 0 Å². The molecule has 2 heteroatoms. The highest BCUT2D eigenvalue weighted by Crippen LogP contribution is 2.09. The second-order valence-corrected chi connectivity index (χ2v) is 4.35. The standard InChI is InChI=1S/C12H24N2/c1-4-13-12(3)7-10-14-8-5-11(2)6-9-14/h5,12-13H,4,6-10H2,1-3H3. The van der Waals surface area contributed by atoms with Crippen LogP contribution in [0.2, 0.25) is 0 Å². The Bertz CT molecular complexity index is 187. The zero-order valence-electron chi connectivity index (χ0n) is 9.84. The van der Waals surface area contributed by atoms with Gasteiger partial charge in [-0.3, -0.25) is 4.90 Å². The summed E-state index contributed by atoms with van der Waals surface area (Å²) in [5, 5.41) is 3.45. The fourth-order valence-electron chi connectivity index (χ4n) is 1.84. The molecule has 0 aromatic carbocycles. The van der Waals surface area contributed by atoms with Crippen LogP contribution in [-0.4, -0.2) is 37.1 Å². The Hall–Kier alpha value is -0.340. The molecule has 1 aliphatic rings. The lowest BCUT2D eigenvalue weighted by atomic mass is 10.1. The van der Waals surface area contributed by atoms with E-state index in [1.807, 2.05) is 0 Å². The first kappa shape index (κ1) is 11.7. The van der Waals surface area contributed by atoms with Crippen LogP contribution in [0, 0.1) is 0 Å². The van der Waals surface area contributed by atoms with Gasteiger partial charge in [-0.1, -0.05) is 18.6 Å². The second-order valence-electron chi connectivity index (χ2n) is 4.35. The average molecular weight is 196 g/mol. The lowest BCUT2D eigenvalue weighted by molar-refractivity contribution is 0.277. The van der Waals surface area contributed by atoms with Crippen LogP contribution in [0.15, 0.2) is 11.6 Å². The van der Waals surface area contributed by atoms with Gasteiger partial charge in [-0.15, -0.1) is 0 Å². The van der Waals surface area contributed by atoms with E-state index >= 15 is 0 Å². The van der Waals surface area contributed by atoms with Gasteiger partial charge >= 0.3 is 0 Å². The molecule has 1 unspecified atom stereocenters. The van der Waals surface area contributed by atoms with E-state index in [4.69, 9.17) is 0 Å². The Morgan fingerprint density at radius 3 is 2.93 bits per heavy atom. The number of nitrogens with one attached hydrogen (secondary N) is 1. The molecule has 0 fully saturated rings. The molecule has 0 aromatic rings. The number of hydrogen-bond acceptors (Lipinski definition) is 2. The SMILES string of the molecule is CCNC(C)CCN1CC=C(C)CC1. The second kappa shape index (κ2) is 6.20. The Labute approximate surface area is 88.4 Å². The van der Waals surface area contributed by atoms with Gasteiger partial charge in [0.2, 0.25) is 0 Å². The molecular formula is C12H24N2. The third-order valence-electron chi connectivity index (χ3n) is 2.95. The minimum Gasteiger partial charge on any atom is -0.314 e. The van der Waals surface area contributed by atoms with Crippen LogP contribution in [0.1, 0.15) is 33.6 Å². The lowest BCUT2D eigenvalue weighted by Crippen LogP contribution is -2.34. The molecular weight excluding hydrogens is 172 g/mol. The van der Waals surface area contributed by atoms with Crippen molar-refractivity contribution in [3.05, 3.63) is 11.6 Å². The third kappa shape index (κ3) is 4.25. The zero-order valence-corrected chi connectivity index (χ0v) is 9.84. The van der Waals surface area contributed by atoms with Crippen LogP contribution < -0.4 is 5.32 Å². The van der Waals surface area contributed by atoms with Crippen LogP contribution in [-0.2, 0) is 0 Å². The zero-order chi connectivity index (χ0) is 10.4. The summed E-state index contributed by atoms with van der Waals surface area (Å²) >= 11 is 0. The minimum atomic E-state index is 0.659. The maximum Gasteiger partial charge on any atom is 0.0165 e. The van der Waals surface area contributed by atoms with Crippen molar-refractivity contribution in [1.82, 2.24) is 10.2 Å². The summed E-state index contributed by atoms with van der Waals surface area (Å²) in [5.74, 6) is 0. The monoisotopic (exact) mass is 196 g/mol. The van der Waals surface area contributed by atoms with Gasteiger partial charge in [0.1, 0.15) is 0 Å². The lowest BCUT2D eigenvalue weighted by Gasteiger charge is -2.26. The summed E-state index contributed by atoms with van der Waals surface area (Å²) in [6, 6.07) is 0.659. The van der Waals surface area contributed by atoms with E-state index < -0.39 is 0 Å². The summed E-state index contributed by atoms with van der Waals surface area (Å²) < 4.78 is 0. The Morgan fingerprint density at radius 1 is 1.57 bits per heavy atom. The highest BCUT2D eigenvalue weighted by atomic mass is 15.1. The largest absolute Gasteiger partial charge is 0.314 e. The predicted molar refractivity (Wildman–Crippen MR) is 62.6 cm³/mol. The highest BCUT2D eigenvalue weighted by molar-refractivity contribution is 5.03. The van der Waals surface area contributed by atoms with Crippen molar-refractivity contribution in [2.75, 3.05) is 26.2 Å². The smallest absolute Gasteiger partial charge is 0.0165 e. The van der Waals surface area contributed by atoms with Crippen molar-refractivity contribution in [2.24, 2.45) is 0 Å². The Balaban J connectivity index is 2.13. The van der Waals surface area contributed by atoms with Crippen LogP contribution in [0.5, 0.6) is 0 Å². The maximum absolute atomic E-state index is 3.45. The van der Waals surface area contributed by atoms with E-state index in [1.54, 1.807) is 5.57 Å². The molecule has 82 valence electrons. The topological polar surface area (TPSA) is 15.3 Å². The molecule has 1 rings (SSSR count). The fourth-order valence-corrected chi connectivity index (χ4v) is 1.84. The van der Waals surface area contributed by atoms with Gasteiger partial charge < -0.3 is 5.32 Å². The van der Waals surface area contributed by atoms with Gasteiger partial charge in [-0.25, -0.2) is 0 Å².